The molecule has 0 aliphatic carbocycles. The van der Waals surface area contributed by atoms with Gasteiger partial charge in [-0.25, -0.2) is 4.79 Å². The van der Waals surface area contributed by atoms with Gasteiger partial charge in [-0.3, -0.25) is 4.79 Å². The van der Waals surface area contributed by atoms with Gasteiger partial charge in [-0.15, -0.1) is 0 Å². The minimum atomic E-state index is -0.657. The van der Waals surface area contributed by atoms with Gasteiger partial charge < -0.3 is 23.8 Å². The largest absolute Gasteiger partial charge is 0.496 e. The lowest BCUT2D eigenvalue weighted by Crippen LogP contribution is -2.42. The Morgan fingerprint density at radius 1 is 1.14 bits per heavy atom. The average Bonchev–Trinajstić information content (AvgIpc) is 2.59. The Hall–Kier alpha value is -2.28. The second-order valence-electron chi connectivity index (χ2n) is 4.61. The first kappa shape index (κ1) is 16.1. The molecule has 1 aromatic carbocycles. The predicted molar refractivity (Wildman–Crippen MR) is 77.2 cm³/mol. The summed E-state index contributed by atoms with van der Waals surface area (Å²) in [7, 11) is 2.90. The van der Waals surface area contributed by atoms with E-state index in [1.807, 2.05) is 0 Å². The van der Waals surface area contributed by atoms with Gasteiger partial charge in [-0.2, -0.15) is 0 Å². The first-order chi connectivity index (χ1) is 10.7. The predicted octanol–water partition coefficient (Wildman–Crippen LogP) is 0.719. The Balaban J connectivity index is 2.01. The van der Waals surface area contributed by atoms with Gasteiger partial charge in [0.25, 0.3) is 5.91 Å². The SMILES string of the molecule is COc1cccc(OC)c1C(=O)OCC(=O)N1CCOCC1. The van der Waals surface area contributed by atoms with Crippen LogP contribution in [-0.2, 0) is 14.3 Å². The van der Waals surface area contributed by atoms with Gasteiger partial charge in [0.1, 0.15) is 17.1 Å². The van der Waals surface area contributed by atoms with Crippen LogP contribution in [-0.4, -0.2) is 63.9 Å². The molecule has 2 rings (SSSR count). The molecule has 0 radical (unpaired) electrons. The van der Waals surface area contributed by atoms with E-state index >= 15 is 0 Å². The van der Waals surface area contributed by atoms with Gasteiger partial charge in [0.05, 0.1) is 27.4 Å². The van der Waals surface area contributed by atoms with Crippen molar-refractivity contribution in [2.24, 2.45) is 0 Å². The van der Waals surface area contributed by atoms with Crippen LogP contribution in [0.1, 0.15) is 10.4 Å². The zero-order chi connectivity index (χ0) is 15.9. The Morgan fingerprint density at radius 3 is 2.27 bits per heavy atom. The van der Waals surface area contributed by atoms with Crippen molar-refractivity contribution in [3.8, 4) is 11.5 Å². The lowest BCUT2D eigenvalue weighted by Gasteiger charge is -2.26. The van der Waals surface area contributed by atoms with Crippen LogP contribution in [0.2, 0.25) is 0 Å². The van der Waals surface area contributed by atoms with Gasteiger partial charge >= 0.3 is 5.97 Å². The third-order valence-corrected chi connectivity index (χ3v) is 3.32. The average molecular weight is 309 g/mol. The maximum atomic E-state index is 12.2. The Kier molecular flexibility index (Phi) is 5.60. The first-order valence-corrected chi connectivity index (χ1v) is 6.91. The zero-order valence-corrected chi connectivity index (χ0v) is 12.7. The summed E-state index contributed by atoms with van der Waals surface area (Å²) in [6.07, 6.45) is 0. The summed E-state index contributed by atoms with van der Waals surface area (Å²) in [5.74, 6) is -0.229. The number of hydrogen-bond acceptors (Lipinski definition) is 6. The van der Waals surface area contributed by atoms with Crippen molar-refractivity contribution < 1.29 is 28.5 Å². The number of amides is 1. The minimum absolute atomic E-state index is 0.169. The van der Waals surface area contributed by atoms with Gasteiger partial charge in [0.2, 0.25) is 0 Å². The molecule has 0 unspecified atom stereocenters. The molecular formula is C15H19NO6. The molecule has 1 saturated heterocycles. The standard InChI is InChI=1S/C15H19NO6/c1-19-11-4-3-5-12(20-2)14(11)15(18)22-10-13(17)16-6-8-21-9-7-16/h3-5H,6-10H2,1-2H3. The molecule has 1 aliphatic rings. The van der Waals surface area contributed by atoms with E-state index in [0.29, 0.717) is 37.8 Å². The van der Waals surface area contributed by atoms with Crippen LogP contribution in [0.4, 0.5) is 0 Å². The number of methoxy groups -OCH3 is 2. The number of nitrogens with zero attached hydrogens (tertiary/aromatic N) is 1. The van der Waals surface area contributed by atoms with E-state index in [1.165, 1.54) is 14.2 Å². The molecular weight excluding hydrogens is 290 g/mol. The Bertz CT molecular complexity index is 517. The number of benzene rings is 1. The molecule has 22 heavy (non-hydrogen) atoms. The van der Waals surface area contributed by atoms with E-state index < -0.39 is 5.97 Å². The molecule has 7 heteroatoms. The number of hydrogen-bond donors (Lipinski definition) is 0. The summed E-state index contributed by atoms with van der Waals surface area (Å²) < 4.78 is 20.5. The summed E-state index contributed by atoms with van der Waals surface area (Å²) in [6, 6.07) is 4.96. The van der Waals surface area contributed by atoms with Crippen molar-refractivity contribution in [3.63, 3.8) is 0 Å². The Morgan fingerprint density at radius 2 is 1.73 bits per heavy atom. The third kappa shape index (κ3) is 3.67. The molecule has 0 saturated carbocycles. The monoisotopic (exact) mass is 309 g/mol. The van der Waals surface area contributed by atoms with Crippen molar-refractivity contribution in [1.82, 2.24) is 4.90 Å². The fourth-order valence-corrected chi connectivity index (χ4v) is 2.16. The molecule has 7 nitrogen and oxygen atoms in total. The summed E-state index contributed by atoms with van der Waals surface area (Å²) in [6.45, 7) is 1.70. The molecule has 0 N–H and O–H groups in total. The van der Waals surface area contributed by atoms with Crippen molar-refractivity contribution in [1.29, 1.82) is 0 Å². The second-order valence-corrected chi connectivity index (χ2v) is 4.61. The van der Waals surface area contributed by atoms with E-state index in [4.69, 9.17) is 18.9 Å². The van der Waals surface area contributed by atoms with E-state index in [-0.39, 0.29) is 18.1 Å². The summed E-state index contributed by atoms with van der Waals surface area (Å²) in [5.41, 5.74) is 0.169. The van der Waals surface area contributed by atoms with Gasteiger partial charge in [0.15, 0.2) is 6.61 Å². The molecule has 0 aromatic heterocycles. The summed E-state index contributed by atoms with van der Waals surface area (Å²) in [4.78, 5) is 25.8. The van der Waals surface area contributed by atoms with Crippen LogP contribution in [0.5, 0.6) is 11.5 Å². The van der Waals surface area contributed by atoms with Crippen LogP contribution in [0, 0.1) is 0 Å². The lowest BCUT2D eigenvalue weighted by atomic mass is 10.2. The lowest BCUT2D eigenvalue weighted by molar-refractivity contribution is -0.138. The molecule has 120 valence electrons. The number of ether oxygens (including phenoxy) is 4. The quantitative estimate of drug-likeness (QED) is 0.746. The number of rotatable bonds is 5. The van der Waals surface area contributed by atoms with Gasteiger partial charge in [-0.05, 0) is 12.1 Å². The van der Waals surface area contributed by atoms with Crippen LogP contribution >= 0.6 is 0 Å². The molecule has 1 aliphatic heterocycles. The fraction of sp³-hybridized carbons (Fsp3) is 0.467. The molecule has 1 aromatic rings. The van der Waals surface area contributed by atoms with Gasteiger partial charge in [-0.1, -0.05) is 6.07 Å². The van der Waals surface area contributed by atoms with Crippen LogP contribution in [0.25, 0.3) is 0 Å². The first-order valence-electron chi connectivity index (χ1n) is 6.91. The molecule has 1 heterocycles. The zero-order valence-electron chi connectivity index (χ0n) is 12.7. The van der Waals surface area contributed by atoms with E-state index in [2.05, 4.69) is 0 Å². The van der Waals surface area contributed by atoms with E-state index in [9.17, 15) is 9.59 Å². The fourth-order valence-electron chi connectivity index (χ4n) is 2.16. The molecule has 0 atom stereocenters. The van der Waals surface area contributed by atoms with Crippen LogP contribution in [0.15, 0.2) is 18.2 Å². The minimum Gasteiger partial charge on any atom is -0.496 e. The molecule has 0 bridgehead atoms. The maximum Gasteiger partial charge on any atom is 0.346 e. The topological polar surface area (TPSA) is 74.3 Å². The highest BCUT2D eigenvalue weighted by molar-refractivity contribution is 5.96. The highest BCUT2D eigenvalue weighted by Gasteiger charge is 2.23. The second kappa shape index (κ2) is 7.65. The Labute approximate surface area is 128 Å². The van der Waals surface area contributed by atoms with E-state index in [1.54, 1.807) is 23.1 Å². The molecule has 1 amide bonds. The number of morpholine rings is 1. The third-order valence-electron chi connectivity index (χ3n) is 3.32. The molecule has 0 spiro atoms. The van der Waals surface area contributed by atoms with Crippen LogP contribution in [0.3, 0.4) is 0 Å². The van der Waals surface area contributed by atoms with Gasteiger partial charge in [0, 0.05) is 13.1 Å². The maximum absolute atomic E-state index is 12.2. The summed E-state index contributed by atoms with van der Waals surface area (Å²) >= 11 is 0. The number of carbonyl (C=O) groups excluding carboxylic acids is 2. The van der Waals surface area contributed by atoms with Crippen molar-refractivity contribution in [2.45, 2.75) is 0 Å². The smallest absolute Gasteiger partial charge is 0.346 e. The van der Waals surface area contributed by atoms with Crippen LogP contribution < -0.4 is 9.47 Å². The number of esters is 1. The number of carbonyl (C=O) groups is 2. The van der Waals surface area contributed by atoms with E-state index in [0.717, 1.165) is 0 Å². The normalized spacial score (nSPS) is 14.4. The van der Waals surface area contributed by atoms with Crippen molar-refractivity contribution in [2.75, 3.05) is 47.1 Å². The van der Waals surface area contributed by atoms with Crippen molar-refractivity contribution >= 4 is 11.9 Å². The summed E-state index contributed by atoms with van der Waals surface area (Å²) in [5, 5.41) is 0. The highest BCUT2D eigenvalue weighted by atomic mass is 16.5. The highest BCUT2D eigenvalue weighted by Crippen LogP contribution is 2.28. The van der Waals surface area contributed by atoms with Crippen molar-refractivity contribution in [3.05, 3.63) is 23.8 Å². The molecule has 1 fully saturated rings.